The Hall–Kier alpha value is -0.840. The number of aromatic nitrogens is 2. The molecule has 1 aromatic heterocycles. The van der Waals surface area contributed by atoms with Crippen molar-refractivity contribution in [3.8, 4) is 0 Å². The van der Waals surface area contributed by atoms with Crippen molar-refractivity contribution < 1.29 is 0 Å². The molecule has 0 aliphatic heterocycles. The van der Waals surface area contributed by atoms with Crippen LogP contribution in [0.4, 0.5) is 0 Å². The van der Waals surface area contributed by atoms with Crippen LogP contribution in [0.25, 0.3) is 0 Å². The van der Waals surface area contributed by atoms with Crippen LogP contribution in [0.2, 0.25) is 5.02 Å². The first-order chi connectivity index (χ1) is 8.00. The number of halogens is 2. The van der Waals surface area contributed by atoms with E-state index < -0.39 is 0 Å². The van der Waals surface area contributed by atoms with Crippen LogP contribution in [0.3, 0.4) is 0 Å². The minimum atomic E-state index is -0.215. The van der Waals surface area contributed by atoms with Gasteiger partial charge in [-0.1, -0.05) is 23.7 Å². The molecule has 1 unspecified atom stereocenters. The summed E-state index contributed by atoms with van der Waals surface area (Å²) < 4.78 is 2.69. The Morgan fingerprint density at radius 1 is 1.47 bits per heavy atom. The third-order valence-electron chi connectivity index (χ3n) is 2.77. The summed E-state index contributed by atoms with van der Waals surface area (Å²) in [6.07, 6.45) is 1.75. The number of nitrogens with two attached hydrogens (primary N) is 1. The smallest absolute Gasteiger partial charge is 0.0735 e. The molecule has 1 atom stereocenters. The molecule has 0 fully saturated rings. The van der Waals surface area contributed by atoms with Crippen molar-refractivity contribution in [3.63, 3.8) is 0 Å². The van der Waals surface area contributed by atoms with E-state index in [1.165, 1.54) is 0 Å². The van der Waals surface area contributed by atoms with E-state index in [4.69, 9.17) is 17.3 Å². The molecule has 5 heteroatoms. The van der Waals surface area contributed by atoms with Crippen molar-refractivity contribution in [2.75, 3.05) is 0 Å². The second-order valence-corrected chi connectivity index (χ2v) is 5.25. The van der Waals surface area contributed by atoms with Crippen LogP contribution in [-0.2, 0) is 7.05 Å². The maximum absolute atomic E-state index is 6.25. The van der Waals surface area contributed by atoms with Gasteiger partial charge in [0.1, 0.15) is 0 Å². The van der Waals surface area contributed by atoms with Gasteiger partial charge in [0, 0.05) is 12.1 Å². The fourth-order valence-electron chi connectivity index (χ4n) is 1.79. The fourth-order valence-corrected chi connectivity index (χ4v) is 2.50. The van der Waals surface area contributed by atoms with E-state index in [0.717, 1.165) is 26.3 Å². The lowest BCUT2D eigenvalue weighted by atomic mass is 10.0. The highest BCUT2D eigenvalue weighted by molar-refractivity contribution is 9.10. The molecule has 1 heterocycles. The molecule has 1 aromatic carbocycles. The lowest BCUT2D eigenvalue weighted by Gasteiger charge is -2.14. The van der Waals surface area contributed by atoms with E-state index in [0.29, 0.717) is 0 Å². The predicted molar refractivity (Wildman–Crippen MR) is 73.1 cm³/mol. The molecule has 90 valence electrons. The molecule has 0 amide bonds. The SMILES string of the molecule is Cc1cc(C(N)c2c(Br)cnn2C)ccc1Cl. The lowest BCUT2D eigenvalue weighted by Crippen LogP contribution is -2.16. The lowest BCUT2D eigenvalue weighted by molar-refractivity contribution is 0.671. The Bertz CT molecular complexity index is 531. The molecular weight excluding hydrogens is 302 g/mol. The summed E-state index contributed by atoms with van der Waals surface area (Å²) in [6, 6.07) is 5.61. The first kappa shape index (κ1) is 12.6. The van der Waals surface area contributed by atoms with E-state index in [1.807, 2.05) is 32.2 Å². The van der Waals surface area contributed by atoms with Crippen LogP contribution in [-0.4, -0.2) is 9.78 Å². The second-order valence-electron chi connectivity index (χ2n) is 3.99. The molecule has 0 aliphatic rings. The summed E-state index contributed by atoms with van der Waals surface area (Å²) in [5, 5.41) is 4.92. The van der Waals surface area contributed by atoms with Crippen molar-refractivity contribution in [3.05, 3.63) is 50.7 Å². The Labute approximate surface area is 114 Å². The minimum absolute atomic E-state index is 0.215. The van der Waals surface area contributed by atoms with Gasteiger partial charge in [-0.2, -0.15) is 5.10 Å². The van der Waals surface area contributed by atoms with Gasteiger partial charge < -0.3 is 5.73 Å². The van der Waals surface area contributed by atoms with Crippen LogP contribution in [0, 0.1) is 6.92 Å². The topological polar surface area (TPSA) is 43.8 Å². The van der Waals surface area contributed by atoms with Crippen molar-refractivity contribution >= 4 is 27.5 Å². The van der Waals surface area contributed by atoms with Gasteiger partial charge >= 0.3 is 0 Å². The van der Waals surface area contributed by atoms with Gasteiger partial charge in [-0.25, -0.2) is 0 Å². The number of hydrogen-bond acceptors (Lipinski definition) is 2. The monoisotopic (exact) mass is 313 g/mol. The summed E-state index contributed by atoms with van der Waals surface area (Å²) in [4.78, 5) is 0. The maximum Gasteiger partial charge on any atom is 0.0735 e. The fraction of sp³-hybridized carbons (Fsp3) is 0.250. The van der Waals surface area contributed by atoms with Crippen molar-refractivity contribution in [2.24, 2.45) is 12.8 Å². The molecule has 0 saturated carbocycles. The van der Waals surface area contributed by atoms with Gasteiger partial charge in [-0.05, 0) is 40.0 Å². The third-order valence-corrected chi connectivity index (χ3v) is 3.81. The molecular formula is C12H13BrClN3. The molecule has 2 N–H and O–H groups in total. The number of nitrogens with zero attached hydrogens (tertiary/aromatic N) is 2. The van der Waals surface area contributed by atoms with Crippen LogP contribution in [0.15, 0.2) is 28.9 Å². The molecule has 3 nitrogen and oxygen atoms in total. The molecule has 2 aromatic rings. The second kappa shape index (κ2) is 4.80. The number of rotatable bonds is 2. The molecule has 2 rings (SSSR count). The number of hydrogen-bond donors (Lipinski definition) is 1. The average molecular weight is 315 g/mol. The van der Waals surface area contributed by atoms with Gasteiger partial charge in [0.2, 0.25) is 0 Å². The van der Waals surface area contributed by atoms with Crippen molar-refractivity contribution in [2.45, 2.75) is 13.0 Å². The molecule has 0 aliphatic carbocycles. The average Bonchev–Trinajstić information content (AvgIpc) is 2.62. The standard InChI is InChI=1S/C12H13BrClN3/c1-7-5-8(3-4-10(7)14)11(15)12-9(13)6-16-17(12)2/h3-6,11H,15H2,1-2H3. The first-order valence-corrected chi connectivity index (χ1v) is 6.37. The normalized spacial score (nSPS) is 12.8. The molecule has 17 heavy (non-hydrogen) atoms. The summed E-state index contributed by atoms with van der Waals surface area (Å²) in [5.74, 6) is 0. The molecule has 0 spiro atoms. The van der Waals surface area contributed by atoms with Crippen LogP contribution in [0.5, 0.6) is 0 Å². The van der Waals surface area contributed by atoms with Gasteiger partial charge in [0.05, 0.1) is 22.4 Å². The largest absolute Gasteiger partial charge is 0.319 e. The molecule has 0 radical (unpaired) electrons. The van der Waals surface area contributed by atoms with Crippen molar-refractivity contribution in [1.82, 2.24) is 9.78 Å². The summed E-state index contributed by atoms with van der Waals surface area (Å²) in [6.45, 7) is 1.97. The zero-order chi connectivity index (χ0) is 12.6. The van der Waals surface area contributed by atoms with E-state index >= 15 is 0 Å². The first-order valence-electron chi connectivity index (χ1n) is 5.19. The summed E-state index contributed by atoms with van der Waals surface area (Å²) in [7, 11) is 1.88. The Kier molecular flexibility index (Phi) is 3.56. The quantitative estimate of drug-likeness (QED) is 0.925. The van der Waals surface area contributed by atoms with Gasteiger partial charge in [-0.3, -0.25) is 4.68 Å². The van der Waals surface area contributed by atoms with E-state index in [2.05, 4.69) is 21.0 Å². The highest BCUT2D eigenvalue weighted by Crippen LogP contribution is 2.28. The molecule has 0 saturated heterocycles. The van der Waals surface area contributed by atoms with E-state index in [-0.39, 0.29) is 6.04 Å². The van der Waals surface area contributed by atoms with E-state index in [9.17, 15) is 0 Å². The number of aryl methyl sites for hydroxylation is 2. The van der Waals surface area contributed by atoms with Gasteiger partial charge in [0.25, 0.3) is 0 Å². The summed E-state index contributed by atoms with van der Waals surface area (Å²) in [5.41, 5.74) is 9.25. The number of benzene rings is 1. The summed E-state index contributed by atoms with van der Waals surface area (Å²) >= 11 is 9.46. The predicted octanol–water partition coefficient (Wildman–Crippen LogP) is 3.19. The van der Waals surface area contributed by atoms with Crippen molar-refractivity contribution in [1.29, 1.82) is 0 Å². The third kappa shape index (κ3) is 2.39. The Balaban J connectivity index is 2.43. The van der Waals surface area contributed by atoms with Gasteiger partial charge in [-0.15, -0.1) is 0 Å². The van der Waals surface area contributed by atoms with Crippen LogP contribution in [0.1, 0.15) is 22.9 Å². The highest BCUT2D eigenvalue weighted by Gasteiger charge is 2.17. The van der Waals surface area contributed by atoms with E-state index in [1.54, 1.807) is 10.9 Å². The van der Waals surface area contributed by atoms with Crippen LogP contribution < -0.4 is 5.73 Å². The minimum Gasteiger partial charge on any atom is -0.319 e. The zero-order valence-electron chi connectivity index (χ0n) is 9.61. The zero-order valence-corrected chi connectivity index (χ0v) is 12.0. The maximum atomic E-state index is 6.25. The highest BCUT2D eigenvalue weighted by atomic mass is 79.9. The van der Waals surface area contributed by atoms with Gasteiger partial charge in [0.15, 0.2) is 0 Å². The molecule has 0 bridgehead atoms. The van der Waals surface area contributed by atoms with Crippen LogP contribution >= 0.6 is 27.5 Å². The Morgan fingerprint density at radius 2 is 2.18 bits per heavy atom. The Morgan fingerprint density at radius 3 is 2.71 bits per heavy atom.